The number of ether oxygens (including phenoxy) is 2. The zero-order valence-electron chi connectivity index (χ0n) is 19.9. The number of carbonyl (C=O) groups is 2. The first-order valence-electron chi connectivity index (χ1n) is 10.9. The van der Waals surface area contributed by atoms with Crippen molar-refractivity contribution in [2.45, 2.75) is 19.3 Å². The van der Waals surface area contributed by atoms with Crippen LogP contribution in [0.4, 0.5) is 13.2 Å². The highest BCUT2D eigenvalue weighted by Gasteiger charge is 2.38. The highest BCUT2D eigenvalue weighted by molar-refractivity contribution is 6.30. The maximum Gasteiger partial charge on any atom is 0.490 e. The fraction of sp³-hybridized carbons (Fsp3) is 0.231. The third-order valence-electron chi connectivity index (χ3n) is 4.86. The normalized spacial score (nSPS) is 10.6. The minimum absolute atomic E-state index is 0.0527. The van der Waals surface area contributed by atoms with Gasteiger partial charge in [-0.2, -0.15) is 13.2 Å². The molecule has 0 heterocycles. The van der Waals surface area contributed by atoms with E-state index in [2.05, 4.69) is 0 Å². The van der Waals surface area contributed by atoms with Crippen LogP contribution in [0.5, 0.6) is 11.5 Å². The third-order valence-corrected chi connectivity index (χ3v) is 5.11. The smallest absolute Gasteiger partial charge is 0.490 e. The molecule has 0 aliphatic rings. The number of hydrogen-bond acceptors (Lipinski definition) is 5. The second-order valence-electron chi connectivity index (χ2n) is 7.58. The molecule has 0 aromatic heterocycles. The van der Waals surface area contributed by atoms with Gasteiger partial charge in [0.05, 0.1) is 7.11 Å². The summed E-state index contributed by atoms with van der Waals surface area (Å²) in [6.07, 6.45) is -5.08. The van der Waals surface area contributed by atoms with Crippen molar-refractivity contribution in [3.05, 3.63) is 94.5 Å². The van der Waals surface area contributed by atoms with Crippen LogP contribution < -0.4 is 15.2 Å². The van der Waals surface area contributed by atoms with E-state index in [-0.39, 0.29) is 5.91 Å². The molecule has 0 radical (unpaired) electrons. The Kier molecular flexibility index (Phi) is 11.2. The fourth-order valence-corrected chi connectivity index (χ4v) is 3.19. The number of hydrogen-bond donors (Lipinski definition) is 2. The molecule has 0 atom stereocenters. The number of halogens is 4. The predicted octanol–water partition coefficient (Wildman–Crippen LogP) is 5.16. The molecule has 1 amide bonds. The SMILES string of the molecule is COc1cc(CN(CCN)C(=O)c2ccccc2)ccc1OCc1ccc(Cl)cc1.O=C(O)C(F)(F)F. The van der Waals surface area contributed by atoms with Crippen LogP contribution in [0.1, 0.15) is 21.5 Å². The molecule has 0 aliphatic carbocycles. The van der Waals surface area contributed by atoms with E-state index in [0.717, 1.165) is 11.1 Å². The van der Waals surface area contributed by atoms with Crippen LogP contribution in [0, 0.1) is 0 Å². The Morgan fingerprint density at radius 1 is 0.973 bits per heavy atom. The molecule has 0 saturated carbocycles. The van der Waals surface area contributed by atoms with Gasteiger partial charge in [-0.3, -0.25) is 4.79 Å². The first-order valence-corrected chi connectivity index (χ1v) is 11.3. The summed E-state index contributed by atoms with van der Waals surface area (Å²) in [4.78, 5) is 23.5. The maximum atomic E-state index is 12.8. The molecule has 11 heteroatoms. The lowest BCUT2D eigenvalue weighted by Crippen LogP contribution is -2.34. The van der Waals surface area contributed by atoms with Gasteiger partial charge < -0.3 is 25.2 Å². The highest BCUT2D eigenvalue weighted by atomic mass is 35.5. The topological polar surface area (TPSA) is 102 Å². The summed E-state index contributed by atoms with van der Waals surface area (Å²) in [5.74, 6) is -1.56. The molecule has 7 nitrogen and oxygen atoms in total. The van der Waals surface area contributed by atoms with Crippen LogP contribution in [0.3, 0.4) is 0 Å². The number of carboxylic acids is 1. The molecule has 0 aliphatic heterocycles. The Bertz CT molecular complexity index is 1160. The number of carboxylic acid groups (broad SMARTS) is 1. The van der Waals surface area contributed by atoms with Gasteiger partial charge in [0.2, 0.25) is 0 Å². The van der Waals surface area contributed by atoms with Crippen LogP contribution in [-0.2, 0) is 17.9 Å². The fourth-order valence-electron chi connectivity index (χ4n) is 3.06. The van der Waals surface area contributed by atoms with Crippen molar-refractivity contribution in [1.82, 2.24) is 4.90 Å². The molecule has 198 valence electrons. The van der Waals surface area contributed by atoms with Crippen LogP contribution >= 0.6 is 11.6 Å². The summed E-state index contributed by atoms with van der Waals surface area (Å²) in [6, 6.07) is 22.4. The zero-order valence-corrected chi connectivity index (χ0v) is 20.6. The molecule has 0 fully saturated rings. The van der Waals surface area contributed by atoms with Gasteiger partial charge in [-0.1, -0.05) is 48.0 Å². The molecule has 3 aromatic rings. The molecular formula is C26H26ClF3N2O5. The van der Waals surface area contributed by atoms with Gasteiger partial charge in [0.1, 0.15) is 6.61 Å². The third kappa shape index (κ3) is 9.66. The first-order chi connectivity index (χ1) is 17.5. The summed E-state index contributed by atoms with van der Waals surface area (Å²) >= 11 is 5.92. The molecule has 3 rings (SSSR count). The molecule has 37 heavy (non-hydrogen) atoms. The largest absolute Gasteiger partial charge is 0.493 e. The number of rotatable bonds is 9. The lowest BCUT2D eigenvalue weighted by Gasteiger charge is -2.23. The summed E-state index contributed by atoms with van der Waals surface area (Å²) in [7, 11) is 1.60. The number of nitrogens with two attached hydrogens (primary N) is 1. The molecule has 0 unspecified atom stereocenters. The van der Waals surface area contributed by atoms with Crippen molar-refractivity contribution in [2.24, 2.45) is 5.73 Å². The molecule has 0 spiro atoms. The monoisotopic (exact) mass is 538 g/mol. The van der Waals surface area contributed by atoms with Gasteiger partial charge >= 0.3 is 12.1 Å². The quantitative estimate of drug-likeness (QED) is 0.390. The molecule has 3 N–H and O–H groups in total. The van der Waals surface area contributed by atoms with Crippen molar-refractivity contribution < 1.29 is 37.3 Å². The van der Waals surface area contributed by atoms with E-state index in [9.17, 15) is 18.0 Å². The van der Waals surface area contributed by atoms with Crippen LogP contribution in [-0.4, -0.2) is 48.3 Å². The summed E-state index contributed by atoms with van der Waals surface area (Å²) in [5, 5.41) is 7.81. The van der Waals surface area contributed by atoms with Crippen molar-refractivity contribution in [1.29, 1.82) is 0 Å². The summed E-state index contributed by atoms with van der Waals surface area (Å²) in [6.45, 7) is 1.68. The molecule has 0 bridgehead atoms. The lowest BCUT2D eigenvalue weighted by atomic mass is 10.1. The summed E-state index contributed by atoms with van der Waals surface area (Å²) in [5.41, 5.74) is 8.32. The Morgan fingerprint density at radius 2 is 1.57 bits per heavy atom. The van der Waals surface area contributed by atoms with Crippen LogP contribution in [0.2, 0.25) is 5.02 Å². The van der Waals surface area contributed by atoms with E-state index in [1.54, 1.807) is 24.1 Å². The Labute approximate surface area is 217 Å². The minimum atomic E-state index is -5.08. The van der Waals surface area contributed by atoms with E-state index in [0.29, 0.717) is 48.3 Å². The Balaban J connectivity index is 0.000000604. The number of methoxy groups -OCH3 is 1. The second-order valence-corrected chi connectivity index (χ2v) is 8.02. The number of aliphatic carboxylic acids is 1. The van der Waals surface area contributed by atoms with Gasteiger partial charge in [-0.25, -0.2) is 4.79 Å². The Hall–Kier alpha value is -3.76. The molecule has 0 saturated heterocycles. The number of alkyl halides is 3. The van der Waals surface area contributed by atoms with E-state index < -0.39 is 12.1 Å². The minimum Gasteiger partial charge on any atom is -0.493 e. The van der Waals surface area contributed by atoms with E-state index >= 15 is 0 Å². The van der Waals surface area contributed by atoms with E-state index in [1.165, 1.54) is 0 Å². The predicted molar refractivity (Wildman–Crippen MR) is 133 cm³/mol. The van der Waals surface area contributed by atoms with Gasteiger partial charge in [-0.15, -0.1) is 0 Å². The summed E-state index contributed by atoms with van der Waals surface area (Å²) < 4.78 is 43.2. The van der Waals surface area contributed by atoms with E-state index in [1.807, 2.05) is 60.7 Å². The average molecular weight is 539 g/mol. The van der Waals surface area contributed by atoms with Gasteiger partial charge in [0.25, 0.3) is 5.91 Å². The number of amides is 1. The number of benzene rings is 3. The van der Waals surface area contributed by atoms with Crippen molar-refractivity contribution in [2.75, 3.05) is 20.2 Å². The van der Waals surface area contributed by atoms with Crippen molar-refractivity contribution in [3.8, 4) is 11.5 Å². The lowest BCUT2D eigenvalue weighted by molar-refractivity contribution is -0.192. The Morgan fingerprint density at radius 3 is 2.11 bits per heavy atom. The van der Waals surface area contributed by atoms with Crippen molar-refractivity contribution in [3.63, 3.8) is 0 Å². The number of nitrogens with zero attached hydrogens (tertiary/aromatic N) is 1. The zero-order chi connectivity index (χ0) is 27.4. The van der Waals surface area contributed by atoms with Crippen molar-refractivity contribution >= 4 is 23.5 Å². The van der Waals surface area contributed by atoms with Gasteiger partial charge in [-0.05, 0) is 47.5 Å². The van der Waals surface area contributed by atoms with E-state index in [4.69, 9.17) is 36.7 Å². The van der Waals surface area contributed by atoms with Gasteiger partial charge in [0, 0.05) is 30.2 Å². The molecular weight excluding hydrogens is 513 g/mol. The van der Waals surface area contributed by atoms with Crippen LogP contribution in [0.25, 0.3) is 0 Å². The standard InChI is InChI=1S/C24H25ClN2O3.C2HF3O2/c1-29-23-15-19(9-12-22(23)30-17-18-7-10-21(25)11-8-18)16-27(14-13-26)24(28)20-5-3-2-4-6-20;3-2(4,5)1(6)7/h2-12,15H,13-14,16-17,26H2,1H3;(H,6,7). The highest BCUT2D eigenvalue weighted by Crippen LogP contribution is 2.29. The molecule has 3 aromatic carbocycles. The van der Waals surface area contributed by atoms with Crippen LogP contribution in [0.15, 0.2) is 72.8 Å². The average Bonchev–Trinajstić information content (AvgIpc) is 2.88. The second kappa shape index (κ2) is 14.1. The van der Waals surface area contributed by atoms with Gasteiger partial charge in [0.15, 0.2) is 11.5 Å². The maximum absolute atomic E-state index is 12.8. The number of carbonyl (C=O) groups excluding carboxylic acids is 1. The first kappa shape index (κ1) is 29.5.